The molecular formula is C9H13N3O3. The summed E-state index contributed by atoms with van der Waals surface area (Å²) in [5, 5.41) is 10.8. The Kier molecular flexibility index (Phi) is 2.68. The molecule has 1 aromatic rings. The van der Waals surface area contributed by atoms with Crippen molar-refractivity contribution in [3.8, 4) is 0 Å². The average molecular weight is 211 g/mol. The highest BCUT2D eigenvalue weighted by atomic mass is 16.5. The van der Waals surface area contributed by atoms with Crippen molar-refractivity contribution in [3.05, 3.63) is 11.8 Å². The molecule has 0 spiro atoms. The van der Waals surface area contributed by atoms with Gasteiger partial charge in [0, 0.05) is 20.0 Å². The van der Waals surface area contributed by atoms with Gasteiger partial charge in [0.05, 0.1) is 18.9 Å². The third kappa shape index (κ3) is 1.85. The molecule has 0 aliphatic carbocycles. The van der Waals surface area contributed by atoms with Crippen LogP contribution >= 0.6 is 0 Å². The standard InChI is InChI=1S/C9H13N3O3/c1-5-11-12-8(15-5)6-3-10-4-7(6)9(13)14-2/h6-7,10H,3-4H2,1-2H3. The Morgan fingerprint density at radius 1 is 1.53 bits per heavy atom. The molecule has 6 nitrogen and oxygen atoms in total. The molecule has 1 aliphatic heterocycles. The first-order valence-electron chi connectivity index (χ1n) is 4.81. The van der Waals surface area contributed by atoms with Crippen molar-refractivity contribution < 1.29 is 13.9 Å². The Labute approximate surface area is 87.0 Å². The zero-order valence-corrected chi connectivity index (χ0v) is 8.69. The van der Waals surface area contributed by atoms with Crippen LogP contribution in [0.5, 0.6) is 0 Å². The monoisotopic (exact) mass is 211 g/mol. The maximum absolute atomic E-state index is 11.5. The second-order valence-electron chi connectivity index (χ2n) is 3.55. The Morgan fingerprint density at radius 2 is 2.33 bits per heavy atom. The highest BCUT2D eigenvalue weighted by Crippen LogP contribution is 2.27. The third-order valence-electron chi connectivity index (χ3n) is 2.58. The zero-order valence-electron chi connectivity index (χ0n) is 8.69. The zero-order chi connectivity index (χ0) is 10.8. The number of rotatable bonds is 2. The van der Waals surface area contributed by atoms with Crippen LogP contribution in [-0.2, 0) is 9.53 Å². The number of methoxy groups -OCH3 is 1. The van der Waals surface area contributed by atoms with Crippen LogP contribution < -0.4 is 5.32 Å². The molecule has 0 bridgehead atoms. The van der Waals surface area contributed by atoms with E-state index in [4.69, 9.17) is 9.15 Å². The Hall–Kier alpha value is -1.43. The molecule has 2 heterocycles. The highest BCUT2D eigenvalue weighted by molar-refractivity contribution is 5.74. The first kappa shape index (κ1) is 10.1. The Bertz CT molecular complexity index is 363. The lowest BCUT2D eigenvalue weighted by atomic mass is 9.96. The van der Waals surface area contributed by atoms with Gasteiger partial charge in [0.25, 0.3) is 0 Å². The molecule has 1 aromatic heterocycles. The van der Waals surface area contributed by atoms with E-state index in [1.165, 1.54) is 7.11 Å². The predicted molar refractivity (Wildman–Crippen MR) is 50.2 cm³/mol. The van der Waals surface area contributed by atoms with E-state index in [0.29, 0.717) is 24.9 Å². The van der Waals surface area contributed by atoms with Gasteiger partial charge in [-0.15, -0.1) is 10.2 Å². The van der Waals surface area contributed by atoms with E-state index in [1.54, 1.807) is 6.92 Å². The van der Waals surface area contributed by atoms with Gasteiger partial charge in [-0.3, -0.25) is 4.79 Å². The van der Waals surface area contributed by atoms with Gasteiger partial charge in [0.1, 0.15) is 0 Å². The molecule has 6 heteroatoms. The minimum absolute atomic E-state index is 0.0707. The van der Waals surface area contributed by atoms with Crippen molar-refractivity contribution >= 4 is 5.97 Å². The Balaban J connectivity index is 2.18. The fourth-order valence-electron chi connectivity index (χ4n) is 1.80. The quantitative estimate of drug-likeness (QED) is 0.686. The van der Waals surface area contributed by atoms with Crippen LogP contribution in [0.2, 0.25) is 0 Å². The number of hydrogen-bond donors (Lipinski definition) is 1. The summed E-state index contributed by atoms with van der Waals surface area (Å²) in [7, 11) is 1.39. The number of nitrogens with one attached hydrogen (secondary N) is 1. The molecule has 0 amide bonds. The number of aromatic nitrogens is 2. The van der Waals surface area contributed by atoms with Crippen molar-refractivity contribution in [2.24, 2.45) is 5.92 Å². The van der Waals surface area contributed by atoms with E-state index in [2.05, 4.69) is 15.5 Å². The van der Waals surface area contributed by atoms with Crippen LogP contribution in [0.4, 0.5) is 0 Å². The van der Waals surface area contributed by atoms with Gasteiger partial charge in [0.15, 0.2) is 0 Å². The van der Waals surface area contributed by atoms with Gasteiger partial charge in [-0.05, 0) is 0 Å². The Morgan fingerprint density at radius 3 is 2.93 bits per heavy atom. The van der Waals surface area contributed by atoms with Crippen LogP contribution in [0.25, 0.3) is 0 Å². The average Bonchev–Trinajstić information content (AvgIpc) is 2.84. The normalized spacial score (nSPS) is 25.5. The lowest BCUT2D eigenvalue weighted by Crippen LogP contribution is -2.23. The summed E-state index contributed by atoms with van der Waals surface area (Å²) in [5.41, 5.74) is 0. The van der Waals surface area contributed by atoms with Gasteiger partial charge in [-0.25, -0.2) is 0 Å². The van der Waals surface area contributed by atoms with Crippen LogP contribution in [-0.4, -0.2) is 36.4 Å². The number of carbonyl (C=O) groups is 1. The van der Waals surface area contributed by atoms with E-state index in [0.717, 1.165) is 0 Å². The molecule has 0 saturated carbocycles. The van der Waals surface area contributed by atoms with Crippen molar-refractivity contribution in [2.45, 2.75) is 12.8 Å². The third-order valence-corrected chi connectivity index (χ3v) is 2.58. The summed E-state index contributed by atoms with van der Waals surface area (Å²) in [4.78, 5) is 11.5. The fraction of sp³-hybridized carbons (Fsp3) is 0.667. The molecular weight excluding hydrogens is 198 g/mol. The van der Waals surface area contributed by atoms with E-state index in [9.17, 15) is 4.79 Å². The van der Waals surface area contributed by atoms with Crippen molar-refractivity contribution in [3.63, 3.8) is 0 Å². The van der Waals surface area contributed by atoms with E-state index in [1.807, 2.05) is 0 Å². The van der Waals surface area contributed by atoms with Gasteiger partial charge >= 0.3 is 5.97 Å². The number of aryl methyl sites for hydroxylation is 1. The molecule has 1 N–H and O–H groups in total. The number of carbonyl (C=O) groups excluding carboxylic acids is 1. The maximum Gasteiger partial charge on any atom is 0.310 e. The lowest BCUT2D eigenvalue weighted by molar-refractivity contribution is -0.145. The smallest absolute Gasteiger partial charge is 0.310 e. The largest absolute Gasteiger partial charge is 0.469 e. The van der Waals surface area contributed by atoms with E-state index >= 15 is 0 Å². The topological polar surface area (TPSA) is 77.2 Å². The van der Waals surface area contributed by atoms with Crippen LogP contribution in [0, 0.1) is 12.8 Å². The molecule has 0 radical (unpaired) electrons. The summed E-state index contributed by atoms with van der Waals surface area (Å²) in [6.45, 7) is 2.99. The maximum atomic E-state index is 11.5. The first-order chi connectivity index (χ1) is 7.22. The van der Waals surface area contributed by atoms with Crippen molar-refractivity contribution in [1.82, 2.24) is 15.5 Å². The summed E-state index contributed by atoms with van der Waals surface area (Å²) in [6.07, 6.45) is 0. The second-order valence-corrected chi connectivity index (χ2v) is 3.55. The SMILES string of the molecule is COC(=O)C1CNCC1c1nnc(C)o1. The summed E-state index contributed by atoms with van der Waals surface area (Å²) in [5.74, 6) is 0.489. The van der Waals surface area contributed by atoms with Gasteiger partial charge < -0.3 is 14.5 Å². The number of nitrogens with zero attached hydrogens (tertiary/aromatic N) is 2. The predicted octanol–water partition coefficient (Wildman–Crippen LogP) is -0.146. The molecule has 15 heavy (non-hydrogen) atoms. The lowest BCUT2D eigenvalue weighted by Gasteiger charge is -2.11. The van der Waals surface area contributed by atoms with Crippen LogP contribution in [0.3, 0.4) is 0 Å². The molecule has 0 aromatic carbocycles. The van der Waals surface area contributed by atoms with Gasteiger partial charge in [-0.1, -0.05) is 0 Å². The van der Waals surface area contributed by atoms with Crippen LogP contribution in [0.15, 0.2) is 4.42 Å². The van der Waals surface area contributed by atoms with Crippen molar-refractivity contribution in [1.29, 1.82) is 0 Å². The van der Waals surface area contributed by atoms with Crippen LogP contribution in [0.1, 0.15) is 17.7 Å². The van der Waals surface area contributed by atoms with E-state index < -0.39 is 0 Å². The highest BCUT2D eigenvalue weighted by Gasteiger charge is 2.38. The summed E-state index contributed by atoms with van der Waals surface area (Å²) < 4.78 is 10.0. The number of esters is 1. The molecule has 1 saturated heterocycles. The minimum Gasteiger partial charge on any atom is -0.469 e. The molecule has 1 aliphatic rings. The van der Waals surface area contributed by atoms with Gasteiger partial charge in [0.2, 0.25) is 11.8 Å². The molecule has 2 rings (SSSR count). The van der Waals surface area contributed by atoms with Crippen molar-refractivity contribution in [2.75, 3.05) is 20.2 Å². The molecule has 2 unspecified atom stereocenters. The van der Waals surface area contributed by atoms with E-state index in [-0.39, 0.29) is 17.8 Å². The molecule has 82 valence electrons. The number of ether oxygens (including phenoxy) is 1. The second kappa shape index (κ2) is 3.98. The minimum atomic E-state index is -0.235. The summed E-state index contributed by atoms with van der Waals surface area (Å²) >= 11 is 0. The summed E-state index contributed by atoms with van der Waals surface area (Å²) in [6, 6.07) is 0. The fourth-order valence-corrected chi connectivity index (χ4v) is 1.80. The van der Waals surface area contributed by atoms with Gasteiger partial charge in [-0.2, -0.15) is 0 Å². The molecule has 1 fully saturated rings. The molecule has 2 atom stereocenters. The number of hydrogen-bond acceptors (Lipinski definition) is 6. The first-order valence-corrected chi connectivity index (χ1v) is 4.81.